The highest BCUT2D eigenvalue weighted by molar-refractivity contribution is 5.40. The molecule has 0 amide bonds. The Morgan fingerprint density at radius 1 is 1.04 bits per heavy atom. The third-order valence-corrected chi connectivity index (χ3v) is 4.94. The minimum atomic E-state index is -0.708. The Labute approximate surface area is 144 Å². The van der Waals surface area contributed by atoms with E-state index in [-0.39, 0.29) is 11.3 Å². The molecule has 0 saturated heterocycles. The second-order valence-corrected chi connectivity index (χ2v) is 6.87. The minimum absolute atomic E-state index is 0.0181. The first kappa shape index (κ1) is 18.5. The first-order chi connectivity index (χ1) is 11.2. The van der Waals surface area contributed by atoms with E-state index >= 15 is 0 Å². The number of aryl methyl sites for hydroxylation is 4. The average Bonchev–Trinajstić information content (AvgIpc) is 2.51. The molecular formula is C21H28O3. The van der Waals surface area contributed by atoms with Gasteiger partial charge in [0.1, 0.15) is 11.5 Å². The van der Waals surface area contributed by atoms with Gasteiger partial charge in [0.05, 0.1) is 6.10 Å². The molecule has 1 aromatic heterocycles. The SMILES string of the molecule is CCc1oc([C@@H](C)[C@H](O)c2c(C)cc(C)cc2C)c(C)c(=O)c1C. The normalized spacial score (nSPS) is 13.8. The molecule has 1 N–H and O–H groups in total. The third-order valence-electron chi connectivity index (χ3n) is 4.94. The van der Waals surface area contributed by atoms with Gasteiger partial charge in [-0.2, -0.15) is 0 Å². The van der Waals surface area contributed by atoms with Crippen molar-refractivity contribution in [1.82, 2.24) is 0 Å². The Balaban J connectivity index is 2.55. The molecule has 0 radical (unpaired) electrons. The van der Waals surface area contributed by atoms with Crippen LogP contribution in [-0.2, 0) is 6.42 Å². The molecule has 0 aliphatic rings. The molecule has 2 rings (SSSR count). The van der Waals surface area contributed by atoms with Crippen molar-refractivity contribution in [1.29, 1.82) is 0 Å². The Kier molecular flexibility index (Phi) is 5.34. The average molecular weight is 328 g/mol. The number of rotatable bonds is 4. The van der Waals surface area contributed by atoms with Gasteiger partial charge in [-0.3, -0.25) is 4.79 Å². The molecule has 3 heteroatoms. The van der Waals surface area contributed by atoms with Gasteiger partial charge in [-0.15, -0.1) is 0 Å². The van der Waals surface area contributed by atoms with Crippen LogP contribution in [0, 0.1) is 34.6 Å². The zero-order valence-electron chi connectivity index (χ0n) is 15.8. The monoisotopic (exact) mass is 328 g/mol. The lowest BCUT2D eigenvalue weighted by atomic mass is 9.87. The molecule has 0 unspecified atom stereocenters. The predicted molar refractivity (Wildman–Crippen MR) is 97.9 cm³/mol. The summed E-state index contributed by atoms with van der Waals surface area (Å²) in [5, 5.41) is 11.0. The number of hydrogen-bond donors (Lipinski definition) is 1. The topological polar surface area (TPSA) is 50.4 Å². The molecule has 0 fully saturated rings. The highest BCUT2D eigenvalue weighted by Crippen LogP contribution is 2.36. The molecule has 0 saturated carbocycles. The van der Waals surface area contributed by atoms with Crippen molar-refractivity contribution in [2.24, 2.45) is 0 Å². The molecule has 1 aromatic carbocycles. The quantitative estimate of drug-likeness (QED) is 0.893. The maximum absolute atomic E-state index is 12.5. The summed E-state index contributed by atoms with van der Waals surface area (Å²) in [6, 6.07) is 4.15. The predicted octanol–water partition coefficient (Wildman–Crippen LogP) is 4.58. The molecule has 3 nitrogen and oxygen atoms in total. The largest absolute Gasteiger partial charge is 0.465 e. The summed E-state index contributed by atoms with van der Waals surface area (Å²) < 4.78 is 6.02. The van der Waals surface area contributed by atoms with Gasteiger partial charge in [0.2, 0.25) is 0 Å². The summed E-state index contributed by atoms with van der Waals surface area (Å²) in [6.07, 6.45) is -0.0420. The minimum Gasteiger partial charge on any atom is -0.465 e. The van der Waals surface area contributed by atoms with Crippen molar-refractivity contribution in [2.45, 2.75) is 66.9 Å². The summed E-state index contributed by atoms with van der Waals surface area (Å²) in [7, 11) is 0. The van der Waals surface area contributed by atoms with Crippen molar-refractivity contribution in [3.63, 3.8) is 0 Å². The number of hydrogen-bond acceptors (Lipinski definition) is 3. The van der Waals surface area contributed by atoms with E-state index < -0.39 is 6.10 Å². The van der Waals surface area contributed by atoms with E-state index in [9.17, 15) is 9.90 Å². The van der Waals surface area contributed by atoms with E-state index in [0.717, 1.165) is 16.7 Å². The summed E-state index contributed by atoms with van der Waals surface area (Å²) in [5.74, 6) is 1.01. The van der Waals surface area contributed by atoms with Gasteiger partial charge in [0.25, 0.3) is 0 Å². The fourth-order valence-electron chi connectivity index (χ4n) is 3.63. The maximum Gasteiger partial charge on any atom is 0.191 e. The van der Waals surface area contributed by atoms with Crippen LogP contribution in [0.25, 0.3) is 0 Å². The lowest BCUT2D eigenvalue weighted by Gasteiger charge is -2.24. The van der Waals surface area contributed by atoms with Crippen molar-refractivity contribution < 1.29 is 9.52 Å². The molecule has 24 heavy (non-hydrogen) atoms. The van der Waals surface area contributed by atoms with Crippen molar-refractivity contribution >= 4 is 0 Å². The van der Waals surface area contributed by atoms with E-state index in [4.69, 9.17) is 4.42 Å². The molecule has 0 bridgehead atoms. The van der Waals surface area contributed by atoms with Gasteiger partial charge in [-0.1, -0.05) is 31.5 Å². The Morgan fingerprint density at radius 2 is 1.58 bits per heavy atom. The third kappa shape index (κ3) is 3.18. The number of aliphatic hydroxyl groups excluding tert-OH is 1. The zero-order valence-corrected chi connectivity index (χ0v) is 15.8. The highest BCUT2D eigenvalue weighted by Gasteiger charge is 2.27. The standard InChI is InChI=1S/C21H28O3/c1-8-17-14(5)19(22)15(6)21(24-17)16(7)20(23)18-12(3)9-11(2)10-13(18)4/h9-10,16,20,23H,8H2,1-7H3/t16-,20-/m0/s1. The number of benzene rings is 1. The fraction of sp³-hybridized carbons (Fsp3) is 0.476. The van der Waals surface area contributed by atoms with Crippen LogP contribution in [-0.4, -0.2) is 5.11 Å². The smallest absolute Gasteiger partial charge is 0.191 e. The van der Waals surface area contributed by atoms with Crippen LogP contribution in [0.4, 0.5) is 0 Å². The summed E-state index contributed by atoms with van der Waals surface area (Å²) in [6.45, 7) is 13.6. The molecular weight excluding hydrogens is 300 g/mol. The fourth-order valence-corrected chi connectivity index (χ4v) is 3.63. The maximum atomic E-state index is 12.5. The van der Waals surface area contributed by atoms with Crippen molar-refractivity contribution in [2.75, 3.05) is 0 Å². The lowest BCUT2D eigenvalue weighted by molar-refractivity contribution is 0.137. The molecule has 0 aliphatic carbocycles. The van der Waals surface area contributed by atoms with E-state index in [2.05, 4.69) is 19.1 Å². The van der Waals surface area contributed by atoms with Gasteiger partial charge in [-0.25, -0.2) is 0 Å². The van der Waals surface area contributed by atoms with Crippen molar-refractivity contribution in [3.8, 4) is 0 Å². The highest BCUT2D eigenvalue weighted by atomic mass is 16.3. The van der Waals surface area contributed by atoms with Gasteiger partial charge in [0, 0.05) is 23.5 Å². The van der Waals surface area contributed by atoms with E-state index in [1.807, 2.05) is 27.7 Å². The molecule has 0 spiro atoms. The van der Waals surface area contributed by atoms with Crippen LogP contribution in [0.15, 0.2) is 21.3 Å². The van der Waals surface area contributed by atoms with Crippen molar-refractivity contribution in [3.05, 3.63) is 67.3 Å². The summed E-state index contributed by atoms with van der Waals surface area (Å²) in [4.78, 5) is 12.5. The molecule has 2 aromatic rings. The summed E-state index contributed by atoms with van der Waals surface area (Å²) >= 11 is 0. The Hall–Kier alpha value is -1.87. The molecule has 0 aliphatic heterocycles. The first-order valence-corrected chi connectivity index (χ1v) is 8.57. The Morgan fingerprint density at radius 3 is 2.08 bits per heavy atom. The number of aliphatic hydroxyl groups is 1. The van der Waals surface area contributed by atoms with Crippen LogP contribution in [0.5, 0.6) is 0 Å². The first-order valence-electron chi connectivity index (χ1n) is 8.57. The van der Waals surface area contributed by atoms with Crippen LogP contribution < -0.4 is 5.43 Å². The second kappa shape index (κ2) is 6.94. The van der Waals surface area contributed by atoms with Gasteiger partial charge in [-0.05, 0) is 51.3 Å². The molecule has 130 valence electrons. The van der Waals surface area contributed by atoms with Crippen LogP contribution in [0.3, 0.4) is 0 Å². The molecule has 2 atom stereocenters. The van der Waals surface area contributed by atoms with E-state index in [1.165, 1.54) is 5.56 Å². The van der Waals surface area contributed by atoms with Crippen LogP contribution in [0.1, 0.15) is 70.8 Å². The van der Waals surface area contributed by atoms with E-state index in [0.29, 0.717) is 29.1 Å². The molecule has 1 heterocycles. The van der Waals surface area contributed by atoms with Gasteiger partial charge >= 0.3 is 0 Å². The van der Waals surface area contributed by atoms with Gasteiger partial charge in [0.15, 0.2) is 5.43 Å². The van der Waals surface area contributed by atoms with Gasteiger partial charge < -0.3 is 9.52 Å². The van der Waals surface area contributed by atoms with E-state index in [1.54, 1.807) is 13.8 Å². The summed E-state index contributed by atoms with van der Waals surface area (Å²) in [5.41, 5.74) is 5.52. The lowest BCUT2D eigenvalue weighted by Crippen LogP contribution is -2.19. The van der Waals surface area contributed by atoms with Crippen LogP contribution >= 0.6 is 0 Å². The zero-order chi connectivity index (χ0) is 18.2. The van der Waals surface area contributed by atoms with Crippen LogP contribution in [0.2, 0.25) is 0 Å². The Bertz CT molecular complexity index is 792. The second-order valence-electron chi connectivity index (χ2n) is 6.87.